The Morgan fingerprint density at radius 1 is 0.850 bits per heavy atom. The van der Waals surface area contributed by atoms with Gasteiger partial charge in [-0.05, 0) is 69.5 Å². The van der Waals surface area contributed by atoms with E-state index in [9.17, 15) is 0 Å². The molecule has 0 aliphatic heterocycles. The van der Waals surface area contributed by atoms with Gasteiger partial charge in [0.1, 0.15) is 5.58 Å². The SMILES string of the molecule is Cc1c[c-]c(-c2nc3ccncc3n2-c2ccc(-c3ccccc3)cc2C(C)(C)C)c2oc3ccccc3c12.[2H]C([2H])(c1cc(-c2[c-]cccc2)ncc1[Si](C)(C)C)C(C)C.[Ir]. The number of fused-ring (bicyclic) bond motifs is 4. The minimum Gasteiger partial charge on any atom is -0.501 e. The summed E-state index contributed by atoms with van der Waals surface area (Å²) in [6.07, 6.45) is 4.22. The summed E-state index contributed by atoms with van der Waals surface area (Å²) in [7, 11) is -1.67. The maximum atomic E-state index is 8.55. The molecule has 1 radical (unpaired) electrons. The quantitative estimate of drug-likeness (QED) is 0.118. The maximum absolute atomic E-state index is 8.55. The summed E-state index contributed by atoms with van der Waals surface area (Å²) in [5.74, 6) is 0.706. The Hall–Kier alpha value is -5.46. The van der Waals surface area contributed by atoms with E-state index in [4.69, 9.17) is 12.1 Å². The van der Waals surface area contributed by atoms with Gasteiger partial charge in [0.25, 0.3) is 0 Å². The Bertz CT molecular complexity index is 3020. The number of imidazole rings is 1. The fourth-order valence-electron chi connectivity index (χ4n) is 7.76. The second-order valence-electron chi connectivity index (χ2n) is 17.6. The van der Waals surface area contributed by atoms with Crippen LogP contribution in [0.1, 0.15) is 54.1 Å². The zero-order valence-electron chi connectivity index (χ0n) is 37.8. The van der Waals surface area contributed by atoms with Crippen LogP contribution >= 0.6 is 0 Å². The maximum Gasteiger partial charge on any atom is 0.120 e. The van der Waals surface area contributed by atoms with Crippen molar-refractivity contribution in [1.29, 1.82) is 0 Å². The normalized spacial score (nSPS) is 12.6. The fourth-order valence-corrected chi connectivity index (χ4v) is 9.16. The largest absolute Gasteiger partial charge is 0.501 e. The Morgan fingerprint density at radius 2 is 1.60 bits per heavy atom. The van der Waals surface area contributed by atoms with Crippen LogP contribution in [0.25, 0.3) is 72.4 Å². The number of furan rings is 1. The van der Waals surface area contributed by atoms with Crippen molar-refractivity contribution in [3.63, 3.8) is 0 Å². The summed E-state index contributed by atoms with van der Waals surface area (Å²) >= 11 is 0. The molecule has 0 amide bonds. The van der Waals surface area contributed by atoms with Gasteiger partial charge >= 0.3 is 0 Å². The molecule has 0 aliphatic rings. The van der Waals surface area contributed by atoms with Crippen molar-refractivity contribution < 1.29 is 27.3 Å². The third kappa shape index (κ3) is 8.58. The number of para-hydroxylation sites is 1. The van der Waals surface area contributed by atoms with E-state index < -0.39 is 14.4 Å². The van der Waals surface area contributed by atoms with Crippen molar-refractivity contribution >= 4 is 46.2 Å². The van der Waals surface area contributed by atoms with Gasteiger partial charge in [0, 0.05) is 46.3 Å². The van der Waals surface area contributed by atoms with Gasteiger partial charge in [-0.3, -0.25) is 9.97 Å². The molecule has 0 bridgehead atoms. The molecule has 5 nitrogen and oxygen atoms in total. The first-order valence-corrected chi connectivity index (χ1v) is 23.9. The van der Waals surface area contributed by atoms with E-state index in [1.165, 1.54) is 16.7 Å². The summed E-state index contributed by atoms with van der Waals surface area (Å²) in [6, 6.07) is 45.8. The number of aromatic nitrogens is 4. The van der Waals surface area contributed by atoms with Crippen LogP contribution in [0.4, 0.5) is 0 Å². The molecule has 7 heteroatoms. The first kappa shape index (κ1) is 40.0. The van der Waals surface area contributed by atoms with Gasteiger partial charge in [0.15, 0.2) is 0 Å². The molecule has 5 aromatic carbocycles. The molecule has 4 heterocycles. The minimum absolute atomic E-state index is 0. The van der Waals surface area contributed by atoms with Gasteiger partial charge in [0.05, 0.1) is 36.7 Å². The summed E-state index contributed by atoms with van der Waals surface area (Å²) < 4.78 is 25.8. The molecule has 0 saturated heterocycles. The average molecular weight is 983 g/mol. The molecule has 0 atom stereocenters. The predicted molar refractivity (Wildman–Crippen MR) is 249 cm³/mol. The van der Waals surface area contributed by atoms with E-state index in [1.807, 2.05) is 80.8 Å². The minimum atomic E-state index is -1.67. The van der Waals surface area contributed by atoms with E-state index in [0.717, 1.165) is 77.6 Å². The van der Waals surface area contributed by atoms with Crippen molar-refractivity contribution in [3.05, 3.63) is 163 Å². The van der Waals surface area contributed by atoms with Crippen LogP contribution in [0.15, 0.2) is 138 Å². The molecule has 305 valence electrons. The van der Waals surface area contributed by atoms with Crippen molar-refractivity contribution in [3.8, 4) is 39.5 Å². The molecule has 0 aliphatic carbocycles. The van der Waals surface area contributed by atoms with Crippen molar-refractivity contribution in [2.45, 2.75) is 73.0 Å². The van der Waals surface area contributed by atoms with E-state index in [-0.39, 0.29) is 31.4 Å². The van der Waals surface area contributed by atoms with Crippen LogP contribution in [0, 0.1) is 25.0 Å². The second-order valence-corrected chi connectivity index (χ2v) is 22.6. The smallest absolute Gasteiger partial charge is 0.120 e. The summed E-state index contributed by atoms with van der Waals surface area (Å²) in [5.41, 5.74) is 12.5. The van der Waals surface area contributed by atoms with Gasteiger partial charge < -0.3 is 14.0 Å². The van der Waals surface area contributed by atoms with E-state index in [0.29, 0.717) is 0 Å². The van der Waals surface area contributed by atoms with Crippen LogP contribution in [0.5, 0.6) is 0 Å². The molecule has 9 aromatic rings. The first-order chi connectivity index (χ1) is 29.0. The second kappa shape index (κ2) is 17.3. The molecule has 9 rings (SSSR count). The molecule has 0 unspecified atom stereocenters. The van der Waals surface area contributed by atoms with Gasteiger partial charge in [-0.2, -0.15) is 0 Å². The van der Waals surface area contributed by atoms with Crippen molar-refractivity contribution in [1.82, 2.24) is 19.5 Å². The average Bonchev–Trinajstić information content (AvgIpc) is 3.83. The third-order valence-electron chi connectivity index (χ3n) is 10.6. The fraction of sp³-hybridized carbons (Fsp3) is 0.226. The number of hydrogen-bond acceptors (Lipinski definition) is 4. The van der Waals surface area contributed by atoms with E-state index in [1.54, 1.807) is 6.20 Å². The Balaban J connectivity index is 0.000000215. The molecule has 4 aromatic heterocycles. The number of benzene rings is 5. The van der Waals surface area contributed by atoms with Crippen molar-refractivity contribution in [2.75, 3.05) is 0 Å². The van der Waals surface area contributed by atoms with Gasteiger partial charge in [-0.1, -0.05) is 138 Å². The first-order valence-electron chi connectivity index (χ1n) is 21.4. The molecule has 60 heavy (non-hydrogen) atoms. The molecular formula is C53H52IrN4OSi-2. The van der Waals surface area contributed by atoms with Gasteiger partial charge in [-0.15, -0.1) is 53.6 Å². The van der Waals surface area contributed by atoms with Crippen LogP contribution in [0.2, 0.25) is 19.6 Å². The monoisotopic (exact) mass is 983 g/mol. The Labute approximate surface area is 372 Å². The number of pyridine rings is 2. The van der Waals surface area contributed by atoms with Crippen LogP contribution in [-0.4, -0.2) is 27.6 Å². The molecule has 0 spiro atoms. The van der Waals surface area contributed by atoms with Crippen LogP contribution < -0.4 is 5.19 Å². The van der Waals surface area contributed by atoms with Gasteiger partial charge in [-0.25, -0.2) is 0 Å². The van der Waals surface area contributed by atoms with E-state index in [2.05, 4.69) is 135 Å². The topological polar surface area (TPSA) is 56.7 Å². The number of aryl methyl sites for hydroxylation is 1. The molecule has 0 saturated carbocycles. The number of nitrogens with zero attached hydrogens (tertiary/aromatic N) is 4. The predicted octanol–water partition coefficient (Wildman–Crippen LogP) is 13.3. The van der Waals surface area contributed by atoms with Crippen molar-refractivity contribution in [2.24, 2.45) is 5.92 Å². The molecular weight excluding hydrogens is 929 g/mol. The van der Waals surface area contributed by atoms with Crippen LogP contribution in [0.3, 0.4) is 0 Å². The standard InChI is InChI=1S/C35H28N3O.C18H24NSi.Ir/c1-22-14-16-26(33-32(22)25-12-8-9-13-31(25)39-33)34-37-28-18-19-36-21-30(28)38(34)29-17-15-24(20-27(29)35(2,3)4)23-10-6-5-7-11-23;1-14(2)11-16-12-17(15-9-7-6-8-10-15)19-13-18(16)20(3,4)5;/h5-15,17-21H,1-4H3;6-9,12-14H,11H2,1-5H3;/q2*-1;/i;11D2;. The van der Waals surface area contributed by atoms with E-state index >= 15 is 0 Å². The molecule has 0 N–H and O–H groups in total. The third-order valence-corrected chi connectivity index (χ3v) is 12.6. The van der Waals surface area contributed by atoms with Gasteiger partial charge in [0.2, 0.25) is 0 Å². The summed E-state index contributed by atoms with van der Waals surface area (Å²) in [5, 5.41) is 3.31. The molecule has 0 fully saturated rings. The number of hydrogen-bond donors (Lipinski definition) is 0. The Kier molecular flexibility index (Phi) is 11.5. The zero-order valence-corrected chi connectivity index (χ0v) is 39.2. The summed E-state index contributed by atoms with van der Waals surface area (Å²) in [4.78, 5) is 14.2. The zero-order chi connectivity index (χ0) is 43.3. The summed E-state index contributed by atoms with van der Waals surface area (Å²) in [6.45, 7) is 19.4. The Morgan fingerprint density at radius 3 is 2.32 bits per heavy atom. The number of rotatable bonds is 7. The van der Waals surface area contributed by atoms with Crippen LogP contribution in [-0.2, 0) is 31.9 Å².